The van der Waals surface area contributed by atoms with Crippen LogP contribution >= 0.6 is 0 Å². The highest BCUT2D eigenvalue weighted by Crippen LogP contribution is 2.18. The summed E-state index contributed by atoms with van der Waals surface area (Å²) in [5, 5.41) is 12.5. The van der Waals surface area contributed by atoms with Crippen LogP contribution in [0.4, 0.5) is 0 Å². The summed E-state index contributed by atoms with van der Waals surface area (Å²) in [5.74, 6) is 1.24. The molecule has 3 nitrogen and oxygen atoms in total. The van der Waals surface area contributed by atoms with Crippen molar-refractivity contribution in [3.05, 3.63) is 42.0 Å². The van der Waals surface area contributed by atoms with E-state index in [1.165, 1.54) is 5.56 Å². The van der Waals surface area contributed by atoms with Crippen molar-refractivity contribution in [2.24, 2.45) is 5.92 Å². The molecule has 0 radical (unpaired) electrons. The van der Waals surface area contributed by atoms with Crippen molar-refractivity contribution >= 4 is 0 Å². The van der Waals surface area contributed by atoms with Gasteiger partial charge in [-0.3, -0.25) is 0 Å². The Bertz CT molecular complexity index is 403. The highest BCUT2D eigenvalue weighted by Gasteiger charge is 2.17. The summed E-state index contributed by atoms with van der Waals surface area (Å²) in [6.07, 6.45) is 5.23. The van der Waals surface area contributed by atoms with Gasteiger partial charge in [-0.1, -0.05) is 24.3 Å². The third-order valence-electron chi connectivity index (χ3n) is 3.18. The Labute approximate surface area is 108 Å². The fraction of sp³-hybridized carbons (Fsp3) is 0.467. The molecule has 0 spiro atoms. The van der Waals surface area contributed by atoms with Crippen molar-refractivity contribution in [3.63, 3.8) is 0 Å². The van der Waals surface area contributed by atoms with Crippen LogP contribution in [0, 0.1) is 5.92 Å². The SMILES string of the molecule is CCOc1cccc(CN[C@@H]2C=C[C@H](CO)C2)c1. The molecule has 2 atom stereocenters. The van der Waals surface area contributed by atoms with Gasteiger partial charge in [0.2, 0.25) is 0 Å². The Balaban J connectivity index is 1.83. The summed E-state index contributed by atoms with van der Waals surface area (Å²) < 4.78 is 5.48. The van der Waals surface area contributed by atoms with Gasteiger partial charge in [0.1, 0.15) is 5.75 Å². The smallest absolute Gasteiger partial charge is 0.119 e. The van der Waals surface area contributed by atoms with Crippen molar-refractivity contribution in [1.29, 1.82) is 0 Å². The molecule has 18 heavy (non-hydrogen) atoms. The fourth-order valence-electron chi connectivity index (χ4n) is 2.22. The average molecular weight is 247 g/mol. The Morgan fingerprint density at radius 1 is 1.39 bits per heavy atom. The molecule has 1 aromatic carbocycles. The molecule has 0 unspecified atom stereocenters. The molecule has 3 heteroatoms. The molecule has 98 valence electrons. The lowest BCUT2D eigenvalue weighted by molar-refractivity contribution is 0.246. The molecule has 0 bridgehead atoms. The summed E-state index contributed by atoms with van der Waals surface area (Å²) in [6.45, 7) is 3.76. The van der Waals surface area contributed by atoms with E-state index in [-0.39, 0.29) is 6.61 Å². The largest absolute Gasteiger partial charge is 0.494 e. The molecule has 0 amide bonds. The monoisotopic (exact) mass is 247 g/mol. The maximum atomic E-state index is 9.07. The molecular weight excluding hydrogens is 226 g/mol. The van der Waals surface area contributed by atoms with E-state index in [1.807, 2.05) is 19.1 Å². The van der Waals surface area contributed by atoms with Crippen LogP contribution in [-0.4, -0.2) is 24.4 Å². The predicted octanol–water partition coefficient (Wildman–Crippen LogP) is 2.11. The number of nitrogens with one attached hydrogen (secondary N) is 1. The van der Waals surface area contributed by atoms with Gasteiger partial charge in [0.15, 0.2) is 0 Å². The first-order chi connectivity index (χ1) is 8.81. The molecular formula is C15H21NO2. The van der Waals surface area contributed by atoms with Crippen LogP contribution in [0.5, 0.6) is 5.75 Å². The lowest BCUT2D eigenvalue weighted by atomic mass is 10.1. The Morgan fingerprint density at radius 2 is 2.28 bits per heavy atom. The van der Waals surface area contributed by atoms with Gasteiger partial charge in [-0.05, 0) is 31.0 Å². The van der Waals surface area contributed by atoms with Gasteiger partial charge in [-0.15, -0.1) is 0 Å². The number of aliphatic hydroxyl groups excluding tert-OH is 1. The zero-order valence-corrected chi connectivity index (χ0v) is 10.8. The van der Waals surface area contributed by atoms with Crippen LogP contribution in [0.3, 0.4) is 0 Å². The zero-order chi connectivity index (χ0) is 12.8. The first kappa shape index (κ1) is 13.1. The first-order valence-electron chi connectivity index (χ1n) is 6.56. The summed E-state index contributed by atoms with van der Waals surface area (Å²) in [6, 6.07) is 8.53. The van der Waals surface area contributed by atoms with E-state index in [1.54, 1.807) is 0 Å². The fourth-order valence-corrected chi connectivity index (χ4v) is 2.22. The van der Waals surface area contributed by atoms with Crippen molar-refractivity contribution in [2.75, 3.05) is 13.2 Å². The first-order valence-corrected chi connectivity index (χ1v) is 6.56. The summed E-state index contributed by atoms with van der Waals surface area (Å²) in [7, 11) is 0. The van der Waals surface area contributed by atoms with E-state index in [2.05, 4.69) is 29.6 Å². The Hall–Kier alpha value is -1.32. The molecule has 1 aliphatic carbocycles. The van der Waals surface area contributed by atoms with Gasteiger partial charge in [-0.2, -0.15) is 0 Å². The maximum absolute atomic E-state index is 9.07. The van der Waals surface area contributed by atoms with Crippen LogP contribution in [-0.2, 0) is 6.54 Å². The molecule has 0 heterocycles. The van der Waals surface area contributed by atoms with Gasteiger partial charge < -0.3 is 15.2 Å². The van der Waals surface area contributed by atoms with E-state index < -0.39 is 0 Å². The second kappa shape index (κ2) is 6.57. The summed E-state index contributed by atoms with van der Waals surface area (Å²) in [4.78, 5) is 0. The van der Waals surface area contributed by atoms with Gasteiger partial charge >= 0.3 is 0 Å². The van der Waals surface area contributed by atoms with Crippen molar-refractivity contribution < 1.29 is 9.84 Å². The van der Waals surface area contributed by atoms with Gasteiger partial charge in [0.25, 0.3) is 0 Å². The Kier molecular flexibility index (Phi) is 4.79. The minimum Gasteiger partial charge on any atom is -0.494 e. The summed E-state index contributed by atoms with van der Waals surface area (Å²) in [5.41, 5.74) is 1.22. The topological polar surface area (TPSA) is 41.5 Å². The minimum absolute atomic E-state index is 0.245. The van der Waals surface area contributed by atoms with E-state index >= 15 is 0 Å². The standard InChI is InChI=1S/C15H21NO2/c1-2-18-15-5-3-4-12(9-15)10-16-14-7-6-13(8-14)11-17/h3-7,9,13-14,16-17H,2,8,10-11H2,1H3/t13-,14+/m0/s1. The number of hydrogen-bond donors (Lipinski definition) is 2. The van der Waals surface area contributed by atoms with Gasteiger partial charge in [0.05, 0.1) is 6.61 Å². The molecule has 0 saturated carbocycles. The summed E-state index contributed by atoms with van der Waals surface area (Å²) >= 11 is 0. The molecule has 2 N–H and O–H groups in total. The third-order valence-corrected chi connectivity index (χ3v) is 3.18. The molecule has 0 fully saturated rings. The van der Waals surface area contributed by atoms with E-state index in [9.17, 15) is 0 Å². The number of benzene rings is 1. The molecule has 2 rings (SSSR count). The normalized spacial score (nSPS) is 22.3. The average Bonchev–Trinajstić information content (AvgIpc) is 2.85. The van der Waals surface area contributed by atoms with Crippen molar-refractivity contribution in [1.82, 2.24) is 5.32 Å². The second-order valence-corrected chi connectivity index (χ2v) is 4.63. The van der Waals surface area contributed by atoms with Crippen LogP contribution in [0.1, 0.15) is 18.9 Å². The highest BCUT2D eigenvalue weighted by molar-refractivity contribution is 5.28. The van der Waals surface area contributed by atoms with Gasteiger partial charge in [0, 0.05) is 25.1 Å². The Morgan fingerprint density at radius 3 is 3.00 bits per heavy atom. The highest BCUT2D eigenvalue weighted by atomic mass is 16.5. The predicted molar refractivity (Wildman–Crippen MR) is 72.6 cm³/mol. The molecule has 0 saturated heterocycles. The lowest BCUT2D eigenvalue weighted by Crippen LogP contribution is -2.26. The van der Waals surface area contributed by atoms with E-state index in [0.717, 1.165) is 18.7 Å². The number of aliphatic hydroxyl groups is 1. The maximum Gasteiger partial charge on any atom is 0.119 e. The van der Waals surface area contributed by atoms with Crippen LogP contribution in [0.25, 0.3) is 0 Å². The van der Waals surface area contributed by atoms with E-state index in [0.29, 0.717) is 18.6 Å². The van der Waals surface area contributed by atoms with Crippen molar-refractivity contribution in [3.8, 4) is 5.75 Å². The number of rotatable bonds is 6. The van der Waals surface area contributed by atoms with Crippen LogP contribution < -0.4 is 10.1 Å². The van der Waals surface area contributed by atoms with Gasteiger partial charge in [-0.25, -0.2) is 0 Å². The number of ether oxygens (including phenoxy) is 1. The second-order valence-electron chi connectivity index (χ2n) is 4.63. The minimum atomic E-state index is 0.245. The van der Waals surface area contributed by atoms with Crippen LogP contribution in [0.15, 0.2) is 36.4 Å². The quantitative estimate of drug-likeness (QED) is 0.757. The third kappa shape index (κ3) is 3.59. The molecule has 1 aromatic rings. The molecule has 0 aliphatic heterocycles. The van der Waals surface area contributed by atoms with E-state index in [4.69, 9.17) is 9.84 Å². The molecule has 1 aliphatic rings. The van der Waals surface area contributed by atoms with Crippen LogP contribution in [0.2, 0.25) is 0 Å². The number of hydrogen-bond acceptors (Lipinski definition) is 3. The lowest BCUT2D eigenvalue weighted by Gasteiger charge is -2.13. The van der Waals surface area contributed by atoms with Crippen molar-refractivity contribution in [2.45, 2.75) is 25.9 Å². The molecule has 0 aromatic heterocycles. The zero-order valence-electron chi connectivity index (χ0n) is 10.8.